The van der Waals surface area contributed by atoms with Gasteiger partial charge in [0.2, 0.25) is 11.6 Å². The van der Waals surface area contributed by atoms with Crippen LogP contribution in [0.3, 0.4) is 0 Å². The molecule has 4 N–H and O–H groups in total. The second kappa shape index (κ2) is 8.52. The number of aromatic hydroxyl groups is 1. The predicted molar refractivity (Wildman–Crippen MR) is 112 cm³/mol. The Labute approximate surface area is 180 Å². The number of benzene rings is 2. The Bertz CT molecular complexity index is 1330. The van der Waals surface area contributed by atoms with Gasteiger partial charge in [-0.1, -0.05) is 30.3 Å². The molecular formula is C21H16N6O5. The van der Waals surface area contributed by atoms with E-state index < -0.39 is 11.8 Å². The van der Waals surface area contributed by atoms with Gasteiger partial charge in [0.1, 0.15) is 23.6 Å². The van der Waals surface area contributed by atoms with Gasteiger partial charge in [0.05, 0.1) is 0 Å². The topological polar surface area (TPSA) is 170 Å². The van der Waals surface area contributed by atoms with Gasteiger partial charge in [-0.3, -0.25) is 4.79 Å². The molecule has 32 heavy (non-hydrogen) atoms. The fraction of sp³-hybridized carbons (Fsp3) is 0.0476. The number of hydrogen-bond acceptors (Lipinski definition) is 9. The van der Waals surface area contributed by atoms with E-state index in [-0.39, 0.29) is 35.1 Å². The molecule has 2 heterocycles. The number of furan rings is 1. The van der Waals surface area contributed by atoms with Crippen molar-refractivity contribution in [2.45, 2.75) is 6.54 Å². The van der Waals surface area contributed by atoms with Crippen LogP contribution in [0.4, 0.5) is 0 Å². The lowest BCUT2D eigenvalue weighted by Crippen LogP contribution is -2.23. The van der Waals surface area contributed by atoms with Crippen molar-refractivity contribution in [1.29, 1.82) is 0 Å². The summed E-state index contributed by atoms with van der Waals surface area (Å²) >= 11 is 0. The molecule has 4 aromatic rings. The van der Waals surface area contributed by atoms with E-state index in [0.717, 1.165) is 10.4 Å². The molecule has 0 fully saturated rings. The summed E-state index contributed by atoms with van der Waals surface area (Å²) in [7, 11) is 0. The van der Waals surface area contributed by atoms with Gasteiger partial charge in [0.15, 0.2) is 11.5 Å². The highest BCUT2D eigenvalue weighted by atomic mass is 16.4. The van der Waals surface area contributed by atoms with Crippen molar-refractivity contribution < 1.29 is 24.2 Å². The summed E-state index contributed by atoms with van der Waals surface area (Å²) in [5, 5.41) is 34.4. The van der Waals surface area contributed by atoms with Crippen molar-refractivity contribution in [3.05, 3.63) is 72.0 Å². The van der Waals surface area contributed by atoms with Crippen molar-refractivity contribution in [1.82, 2.24) is 20.2 Å². The van der Waals surface area contributed by atoms with Crippen molar-refractivity contribution >= 4 is 17.5 Å². The van der Waals surface area contributed by atoms with Crippen LogP contribution in [0.2, 0.25) is 0 Å². The molecule has 4 rings (SSSR count). The molecule has 0 amide bonds. The Kier molecular flexibility index (Phi) is 5.45. The maximum absolute atomic E-state index is 12.7. The number of aromatic carboxylic acids is 1. The van der Waals surface area contributed by atoms with Gasteiger partial charge in [-0.15, -0.1) is 10.2 Å². The van der Waals surface area contributed by atoms with Crippen molar-refractivity contribution in [2.24, 2.45) is 10.9 Å². The molecule has 0 aliphatic heterocycles. The van der Waals surface area contributed by atoms with Gasteiger partial charge in [-0.25, -0.2) is 4.79 Å². The quantitative estimate of drug-likeness (QED) is 0.224. The number of carboxylic acids is 1. The molecule has 0 saturated heterocycles. The second-order valence-electron chi connectivity index (χ2n) is 6.61. The largest absolute Gasteiger partial charge is 0.507 e. The lowest BCUT2D eigenvalue weighted by atomic mass is 10.1. The number of carboxylic acid groups (broad SMARTS) is 1. The minimum absolute atomic E-state index is 0.0841. The molecule has 0 radical (unpaired) electrons. The summed E-state index contributed by atoms with van der Waals surface area (Å²) in [6, 6.07) is 16.2. The Morgan fingerprint density at radius 1 is 1.06 bits per heavy atom. The number of nitrogens with zero attached hydrogens (tertiary/aromatic N) is 5. The summed E-state index contributed by atoms with van der Waals surface area (Å²) in [5.74, 6) is 3.96. The Morgan fingerprint density at radius 2 is 1.84 bits per heavy atom. The van der Waals surface area contributed by atoms with E-state index in [1.54, 1.807) is 0 Å². The summed E-state index contributed by atoms with van der Waals surface area (Å²) in [5.41, 5.74) is 0.715. The maximum atomic E-state index is 12.7. The number of Topliss-reactive ketones (excluding diaryl/α,β-unsaturated/α-hetero) is 1. The maximum Gasteiger partial charge on any atom is 0.339 e. The van der Waals surface area contributed by atoms with Crippen LogP contribution >= 0.6 is 0 Å². The lowest BCUT2D eigenvalue weighted by Gasteiger charge is -2.03. The third-order valence-electron chi connectivity index (χ3n) is 4.51. The normalized spacial score (nSPS) is 11.4. The molecule has 0 atom stereocenters. The van der Waals surface area contributed by atoms with Crippen LogP contribution in [0.25, 0.3) is 22.7 Å². The first-order valence-electron chi connectivity index (χ1n) is 9.27. The number of aromatic nitrogens is 4. The highest BCUT2D eigenvalue weighted by Gasteiger charge is 2.21. The first-order valence-corrected chi connectivity index (χ1v) is 9.27. The average Bonchev–Trinajstić information content (AvgIpc) is 3.45. The van der Waals surface area contributed by atoms with E-state index in [4.69, 9.17) is 15.4 Å². The van der Waals surface area contributed by atoms with E-state index in [1.165, 1.54) is 30.3 Å². The molecule has 0 bridgehead atoms. The van der Waals surface area contributed by atoms with E-state index in [9.17, 15) is 14.7 Å². The first kappa shape index (κ1) is 20.5. The lowest BCUT2D eigenvalue weighted by molar-refractivity contribution is -0.113. The van der Waals surface area contributed by atoms with Gasteiger partial charge in [0, 0.05) is 11.1 Å². The molecule has 0 saturated carbocycles. The van der Waals surface area contributed by atoms with E-state index >= 15 is 0 Å². The van der Waals surface area contributed by atoms with Crippen molar-refractivity contribution in [2.75, 3.05) is 0 Å². The molecule has 160 valence electrons. The number of rotatable bonds is 7. The highest BCUT2D eigenvalue weighted by molar-refractivity contribution is 6.45. The van der Waals surface area contributed by atoms with Crippen LogP contribution < -0.4 is 5.84 Å². The Balaban J connectivity index is 1.53. The van der Waals surface area contributed by atoms with Crippen molar-refractivity contribution in [3.8, 4) is 28.5 Å². The highest BCUT2D eigenvalue weighted by Crippen LogP contribution is 2.28. The predicted octanol–water partition coefficient (Wildman–Crippen LogP) is 1.94. The third kappa shape index (κ3) is 4.07. The molecule has 2 aromatic carbocycles. The Hall–Kier alpha value is -4.80. The van der Waals surface area contributed by atoms with Crippen molar-refractivity contribution in [3.63, 3.8) is 0 Å². The third-order valence-corrected chi connectivity index (χ3v) is 4.51. The summed E-state index contributed by atoms with van der Waals surface area (Å²) in [4.78, 5) is 25.1. The SMILES string of the molecule is NN=C(C(=O)Cn1nnc(-c2ccccc2)n1)c1ccc(-c2ccc(O)c(C(=O)O)c2)o1. The number of phenols is 1. The molecule has 0 aliphatic carbocycles. The summed E-state index contributed by atoms with van der Waals surface area (Å²) in [6.07, 6.45) is 0. The van der Waals surface area contributed by atoms with Gasteiger partial charge < -0.3 is 20.5 Å². The zero-order valence-corrected chi connectivity index (χ0v) is 16.4. The van der Waals surface area contributed by atoms with Gasteiger partial charge in [-0.05, 0) is 35.5 Å². The zero-order valence-electron chi connectivity index (χ0n) is 16.4. The molecule has 0 spiro atoms. The van der Waals surface area contributed by atoms with Gasteiger partial charge >= 0.3 is 5.97 Å². The van der Waals surface area contributed by atoms with Crippen LogP contribution in [-0.2, 0) is 11.3 Å². The molecule has 2 aromatic heterocycles. The fourth-order valence-electron chi connectivity index (χ4n) is 2.97. The van der Waals surface area contributed by atoms with E-state index in [1.807, 2.05) is 30.3 Å². The molecule has 11 heteroatoms. The van der Waals surface area contributed by atoms with Crippen LogP contribution in [0.1, 0.15) is 16.1 Å². The number of nitrogens with two attached hydrogens (primary N) is 1. The number of hydrogen-bond donors (Lipinski definition) is 3. The number of tetrazole rings is 1. The van der Waals surface area contributed by atoms with Gasteiger partial charge in [0.25, 0.3) is 0 Å². The fourth-order valence-corrected chi connectivity index (χ4v) is 2.97. The standard InChI is InChI=1S/C21H16N6O5/c22-23-19(16(29)11-27-25-20(24-26-27)12-4-2-1-3-5-12)18-9-8-17(32-18)13-6-7-15(28)14(10-13)21(30)31/h1-10,28H,11,22H2,(H,30,31). The second-order valence-corrected chi connectivity index (χ2v) is 6.61. The van der Waals surface area contributed by atoms with Crippen LogP contribution in [0.5, 0.6) is 5.75 Å². The average molecular weight is 432 g/mol. The van der Waals surface area contributed by atoms with E-state index in [0.29, 0.717) is 11.4 Å². The number of carbonyl (C=O) groups is 2. The number of hydrazone groups is 1. The summed E-state index contributed by atoms with van der Waals surface area (Å²) in [6.45, 7) is -0.270. The van der Waals surface area contributed by atoms with Gasteiger partial charge in [-0.2, -0.15) is 9.90 Å². The summed E-state index contributed by atoms with van der Waals surface area (Å²) < 4.78 is 5.66. The number of carbonyl (C=O) groups excluding carboxylic acids is 1. The minimum atomic E-state index is -1.29. The molecule has 0 aliphatic rings. The number of ketones is 1. The minimum Gasteiger partial charge on any atom is -0.507 e. The molecular weight excluding hydrogens is 416 g/mol. The smallest absolute Gasteiger partial charge is 0.339 e. The monoisotopic (exact) mass is 432 g/mol. The zero-order chi connectivity index (χ0) is 22.7. The van der Waals surface area contributed by atoms with Crippen LogP contribution in [-0.4, -0.2) is 47.9 Å². The van der Waals surface area contributed by atoms with E-state index in [2.05, 4.69) is 20.5 Å². The molecule has 0 unspecified atom stereocenters. The molecule has 11 nitrogen and oxygen atoms in total. The van der Waals surface area contributed by atoms with Crippen LogP contribution in [0, 0.1) is 0 Å². The first-order chi connectivity index (χ1) is 15.5. The van der Waals surface area contributed by atoms with Crippen LogP contribution in [0.15, 0.2) is 70.2 Å². The Morgan fingerprint density at radius 3 is 2.56 bits per heavy atom.